The van der Waals surface area contributed by atoms with Crippen LogP contribution >= 0.6 is 23.4 Å². The van der Waals surface area contributed by atoms with E-state index in [0.717, 1.165) is 40.7 Å². The van der Waals surface area contributed by atoms with E-state index in [9.17, 15) is 4.79 Å². The molecule has 9 nitrogen and oxygen atoms in total. The summed E-state index contributed by atoms with van der Waals surface area (Å²) in [6.07, 6.45) is 0.916. The summed E-state index contributed by atoms with van der Waals surface area (Å²) >= 11 is 8.15. The summed E-state index contributed by atoms with van der Waals surface area (Å²) in [6, 6.07) is 20.9. The molecule has 4 aromatic rings. The second kappa shape index (κ2) is 14.5. The standard InChI is InChI=1S/C28H31ClN6O3S/c1-3-37-25-16-21(24(29)17-26(25)38-19-27(36)31-22-12-10-20(2)11-13-22)18-30-14-7-15-39-28-32-33-34-35(28)23-8-5-4-6-9-23/h4-6,8-13,16-17,30H,3,7,14-15,18-19H2,1-2H3,(H,31,36). The van der Waals surface area contributed by atoms with Crippen LogP contribution in [0, 0.1) is 6.92 Å². The van der Waals surface area contributed by atoms with E-state index < -0.39 is 0 Å². The summed E-state index contributed by atoms with van der Waals surface area (Å²) in [5.41, 5.74) is 3.65. The first-order valence-electron chi connectivity index (χ1n) is 12.7. The van der Waals surface area contributed by atoms with Crippen LogP contribution in [0.4, 0.5) is 5.69 Å². The van der Waals surface area contributed by atoms with E-state index in [4.69, 9.17) is 21.1 Å². The van der Waals surface area contributed by atoms with Crippen molar-refractivity contribution in [1.29, 1.82) is 0 Å². The van der Waals surface area contributed by atoms with E-state index in [-0.39, 0.29) is 12.5 Å². The molecule has 1 heterocycles. The van der Waals surface area contributed by atoms with Crippen molar-refractivity contribution in [3.63, 3.8) is 0 Å². The SMILES string of the molecule is CCOc1cc(CNCCCSc2nnnn2-c2ccccc2)c(Cl)cc1OCC(=O)Nc1ccc(C)cc1. The molecule has 1 amide bonds. The number of thioether (sulfide) groups is 1. The van der Waals surface area contributed by atoms with Gasteiger partial charge in [-0.3, -0.25) is 4.79 Å². The van der Waals surface area contributed by atoms with E-state index in [0.29, 0.717) is 35.4 Å². The second-order valence-corrected chi connectivity index (χ2v) is 10.1. The van der Waals surface area contributed by atoms with Crippen LogP contribution in [0.1, 0.15) is 24.5 Å². The molecule has 204 valence electrons. The molecule has 2 N–H and O–H groups in total. The number of nitrogens with zero attached hydrogens (tertiary/aromatic N) is 4. The molecule has 0 radical (unpaired) electrons. The third-order valence-corrected chi connectivity index (χ3v) is 6.95. The van der Waals surface area contributed by atoms with Gasteiger partial charge in [0, 0.05) is 29.1 Å². The van der Waals surface area contributed by atoms with Crippen molar-refractivity contribution in [1.82, 2.24) is 25.5 Å². The van der Waals surface area contributed by atoms with Gasteiger partial charge in [-0.25, -0.2) is 0 Å². The van der Waals surface area contributed by atoms with Crippen molar-refractivity contribution < 1.29 is 14.3 Å². The van der Waals surface area contributed by atoms with Crippen LogP contribution < -0.4 is 20.1 Å². The fourth-order valence-electron chi connectivity index (χ4n) is 3.65. The molecule has 3 aromatic carbocycles. The van der Waals surface area contributed by atoms with Gasteiger partial charge >= 0.3 is 0 Å². The van der Waals surface area contributed by atoms with E-state index >= 15 is 0 Å². The Labute approximate surface area is 237 Å². The van der Waals surface area contributed by atoms with Crippen molar-refractivity contribution in [2.75, 3.05) is 30.8 Å². The Bertz CT molecular complexity index is 1350. The maximum atomic E-state index is 12.4. The average Bonchev–Trinajstić information content (AvgIpc) is 3.41. The minimum absolute atomic E-state index is 0.160. The Morgan fingerprint density at radius 2 is 1.82 bits per heavy atom. The van der Waals surface area contributed by atoms with E-state index in [1.54, 1.807) is 22.5 Å². The first-order chi connectivity index (χ1) is 19.0. The number of nitrogens with one attached hydrogen (secondary N) is 2. The highest BCUT2D eigenvalue weighted by Gasteiger charge is 2.14. The van der Waals surface area contributed by atoms with Crippen LogP contribution in [0.5, 0.6) is 11.5 Å². The number of aryl methyl sites for hydroxylation is 1. The Balaban J connectivity index is 1.24. The first kappa shape index (κ1) is 28.4. The van der Waals surface area contributed by atoms with Gasteiger partial charge in [0.05, 0.1) is 12.3 Å². The number of amides is 1. The van der Waals surface area contributed by atoms with Gasteiger partial charge in [0.2, 0.25) is 5.16 Å². The lowest BCUT2D eigenvalue weighted by Gasteiger charge is -2.15. The third-order valence-electron chi connectivity index (χ3n) is 5.59. The van der Waals surface area contributed by atoms with Gasteiger partial charge in [-0.15, -0.1) is 5.10 Å². The molecule has 39 heavy (non-hydrogen) atoms. The molecule has 0 saturated heterocycles. The topological polar surface area (TPSA) is 103 Å². The summed E-state index contributed by atoms with van der Waals surface area (Å²) in [4.78, 5) is 12.4. The average molecular weight is 567 g/mol. The maximum Gasteiger partial charge on any atom is 0.262 e. The van der Waals surface area contributed by atoms with Crippen molar-refractivity contribution in [3.8, 4) is 17.2 Å². The number of tetrazole rings is 1. The molecular weight excluding hydrogens is 536 g/mol. The van der Waals surface area contributed by atoms with Gasteiger partial charge in [-0.05, 0) is 73.1 Å². The van der Waals surface area contributed by atoms with Crippen molar-refractivity contribution in [2.45, 2.75) is 32.0 Å². The molecule has 0 aliphatic carbocycles. The Kier molecular flexibility index (Phi) is 10.6. The minimum Gasteiger partial charge on any atom is -0.490 e. The number of ether oxygens (including phenoxy) is 2. The summed E-state index contributed by atoms with van der Waals surface area (Å²) in [6.45, 7) is 5.54. The normalized spacial score (nSPS) is 10.8. The van der Waals surface area contributed by atoms with Crippen LogP contribution in [0.25, 0.3) is 5.69 Å². The first-order valence-corrected chi connectivity index (χ1v) is 14.0. The molecule has 0 bridgehead atoms. The van der Waals surface area contributed by atoms with E-state index in [1.807, 2.05) is 74.5 Å². The monoisotopic (exact) mass is 566 g/mol. The van der Waals surface area contributed by atoms with Crippen molar-refractivity contribution in [3.05, 3.63) is 82.9 Å². The molecule has 0 saturated carbocycles. The third kappa shape index (κ3) is 8.44. The lowest BCUT2D eigenvalue weighted by molar-refractivity contribution is -0.118. The zero-order valence-corrected chi connectivity index (χ0v) is 23.5. The summed E-state index contributed by atoms with van der Waals surface area (Å²) in [7, 11) is 0. The van der Waals surface area contributed by atoms with Gasteiger partial charge in [-0.1, -0.05) is 59.3 Å². The number of halogens is 1. The molecule has 11 heteroatoms. The fourth-order valence-corrected chi connectivity index (χ4v) is 4.71. The zero-order chi connectivity index (χ0) is 27.5. The smallest absolute Gasteiger partial charge is 0.262 e. The van der Waals surface area contributed by atoms with Gasteiger partial charge in [0.15, 0.2) is 18.1 Å². The Morgan fingerprint density at radius 1 is 1.05 bits per heavy atom. The fraction of sp³-hybridized carbons (Fsp3) is 0.286. The number of hydrogen-bond acceptors (Lipinski definition) is 8. The highest BCUT2D eigenvalue weighted by molar-refractivity contribution is 7.99. The van der Waals surface area contributed by atoms with Crippen molar-refractivity contribution >= 4 is 35.0 Å². The molecule has 0 unspecified atom stereocenters. The van der Waals surface area contributed by atoms with E-state index in [2.05, 4.69) is 26.2 Å². The number of para-hydroxylation sites is 1. The van der Waals surface area contributed by atoms with Crippen LogP contribution in [0.2, 0.25) is 5.02 Å². The molecule has 0 spiro atoms. The van der Waals surface area contributed by atoms with Crippen LogP contribution in [-0.2, 0) is 11.3 Å². The minimum atomic E-state index is -0.265. The highest BCUT2D eigenvalue weighted by atomic mass is 35.5. The maximum absolute atomic E-state index is 12.4. The molecule has 0 aliphatic heterocycles. The van der Waals surface area contributed by atoms with Gasteiger partial charge in [-0.2, -0.15) is 4.68 Å². The second-order valence-electron chi connectivity index (χ2n) is 8.61. The number of aromatic nitrogens is 4. The van der Waals surface area contributed by atoms with Crippen LogP contribution in [-0.4, -0.2) is 51.6 Å². The number of rotatable bonds is 14. The molecule has 0 atom stereocenters. The lowest BCUT2D eigenvalue weighted by Crippen LogP contribution is -2.20. The van der Waals surface area contributed by atoms with E-state index in [1.165, 1.54) is 0 Å². The molecule has 1 aromatic heterocycles. The predicted octanol–water partition coefficient (Wildman–Crippen LogP) is 5.31. The Morgan fingerprint density at radius 3 is 2.59 bits per heavy atom. The zero-order valence-electron chi connectivity index (χ0n) is 21.9. The van der Waals surface area contributed by atoms with Crippen LogP contribution in [0.15, 0.2) is 71.9 Å². The van der Waals surface area contributed by atoms with Gasteiger partial charge < -0.3 is 20.1 Å². The number of carbonyl (C=O) groups is 1. The van der Waals surface area contributed by atoms with Crippen molar-refractivity contribution in [2.24, 2.45) is 0 Å². The highest BCUT2D eigenvalue weighted by Crippen LogP contribution is 2.34. The summed E-state index contributed by atoms with van der Waals surface area (Å²) < 4.78 is 13.3. The molecule has 4 rings (SSSR count). The molecule has 0 fully saturated rings. The Hall–Kier alpha value is -3.60. The summed E-state index contributed by atoms with van der Waals surface area (Å²) in [5, 5.41) is 19.6. The lowest BCUT2D eigenvalue weighted by atomic mass is 10.2. The largest absolute Gasteiger partial charge is 0.490 e. The van der Waals surface area contributed by atoms with Crippen LogP contribution in [0.3, 0.4) is 0 Å². The molecule has 0 aliphatic rings. The summed E-state index contributed by atoms with van der Waals surface area (Å²) in [5.74, 6) is 1.57. The van der Waals surface area contributed by atoms with Gasteiger partial charge in [0.1, 0.15) is 0 Å². The number of carbonyl (C=O) groups excluding carboxylic acids is 1. The number of anilines is 1. The predicted molar refractivity (Wildman–Crippen MR) is 154 cm³/mol. The number of hydrogen-bond donors (Lipinski definition) is 2. The van der Waals surface area contributed by atoms with Gasteiger partial charge in [0.25, 0.3) is 5.91 Å². The molecular formula is C28H31ClN6O3S. The number of benzene rings is 3. The quantitative estimate of drug-likeness (QED) is 0.156.